The van der Waals surface area contributed by atoms with Crippen molar-refractivity contribution in [3.63, 3.8) is 0 Å². The molecule has 1 aliphatic heterocycles. The van der Waals surface area contributed by atoms with Crippen molar-refractivity contribution in [2.45, 2.75) is 50.7 Å². The summed E-state index contributed by atoms with van der Waals surface area (Å²) in [6, 6.07) is 4.27. The van der Waals surface area contributed by atoms with Crippen LogP contribution < -0.4 is 4.74 Å². The van der Waals surface area contributed by atoms with Gasteiger partial charge in [-0.2, -0.15) is 0 Å². The Morgan fingerprint density at radius 1 is 1.35 bits per heavy atom. The fraction of sp³-hybridized carbons (Fsp3) is 0.571. The van der Waals surface area contributed by atoms with Gasteiger partial charge in [-0.05, 0) is 59.8 Å². The number of benzene rings is 1. The Bertz CT molecular complexity index is 475. The Labute approximate surface area is 110 Å². The van der Waals surface area contributed by atoms with Gasteiger partial charge in [0.15, 0.2) is 0 Å². The first-order valence-electron chi connectivity index (χ1n) is 6.10. The Hall–Kier alpha value is -0.540. The highest BCUT2D eigenvalue weighted by Gasteiger charge is 2.40. The van der Waals surface area contributed by atoms with E-state index < -0.39 is 5.60 Å². The van der Waals surface area contributed by atoms with Crippen LogP contribution in [-0.2, 0) is 12.8 Å². The lowest BCUT2D eigenvalue weighted by Gasteiger charge is -2.17. The van der Waals surface area contributed by atoms with Crippen LogP contribution in [0.15, 0.2) is 16.6 Å². The molecular formula is C14H17BrO2. The van der Waals surface area contributed by atoms with E-state index in [0.29, 0.717) is 0 Å². The largest absolute Gasteiger partial charge is 0.486 e. The molecule has 0 radical (unpaired) electrons. The van der Waals surface area contributed by atoms with E-state index in [2.05, 4.69) is 41.9 Å². The smallest absolute Gasteiger partial charge is 0.137 e. The Balaban J connectivity index is 1.92. The summed E-state index contributed by atoms with van der Waals surface area (Å²) in [5, 5.41) is 9.98. The van der Waals surface area contributed by atoms with Gasteiger partial charge in [-0.1, -0.05) is 6.07 Å². The zero-order valence-electron chi connectivity index (χ0n) is 10.2. The number of ether oxygens (including phenoxy) is 1. The normalized spacial score (nSPS) is 23.1. The van der Waals surface area contributed by atoms with Crippen LogP contribution in [0.3, 0.4) is 0 Å². The van der Waals surface area contributed by atoms with Crippen molar-refractivity contribution in [1.29, 1.82) is 0 Å². The summed E-state index contributed by atoms with van der Waals surface area (Å²) in [5.74, 6) is 0.974. The molecule has 0 saturated heterocycles. The molecule has 1 saturated carbocycles. The summed E-state index contributed by atoms with van der Waals surface area (Å²) in [4.78, 5) is 0. The summed E-state index contributed by atoms with van der Waals surface area (Å²) >= 11 is 3.57. The maximum absolute atomic E-state index is 9.98. The maximum atomic E-state index is 9.98. The van der Waals surface area contributed by atoms with Gasteiger partial charge in [-0.3, -0.25) is 0 Å². The van der Waals surface area contributed by atoms with Gasteiger partial charge in [-0.15, -0.1) is 0 Å². The molecule has 3 heteroatoms. The topological polar surface area (TPSA) is 29.5 Å². The first-order valence-corrected chi connectivity index (χ1v) is 6.89. The first kappa shape index (κ1) is 11.5. The molecule has 2 nitrogen and oxygen atoms in total. The monoisotopic (exact) mass is 296 g/mol. The molecule has 0 aromatic heterocycles. The van der Waals surface area contributed by atoms with Crippen LogP contribution in [-0.4, -0.2) is 16.3 Å². The number of hydrogen-bond donors (Lipinski definition) is 1. The van der Waals surface area contributed by atoms with Gasteiger partial charge in [0.25, 0.3) is 0 Å². The minimum Gasteiger partial charge on any atom is -0.486 e. The molecule has 1 aromatic carbocycles. The summed E-state index contributed by atoms with van der Waals surface area (Å²) in [6.07, 6.45) is 3.57. The van der Waals surface area contributed by atoms with Crippen molar-refractivity contribution < 1.29 is 9.84 Å². The summed E-state index contributed by atoms with van der Waals surface area (Å²) in [6.45, 7) is 4.21. The fourth-order valence-corrected chi connectivity index (χ4v) is 3.16. The van der Waals surface area contributed by atoms with Gasteiger partial charge in [-0.25, -0.2) is 0 Å². The molecule has 92 valence electrons. The second-order valence-electron chi connectivity index (χ2n) is 6.01. The number of rotatable bonds is 2. The highest BCUT2D eigenvalue weighted by molar-refractivity contribution is 9.10. The maximum Gasteiger partial charge on any atom is 0.137 e. The minimum absolute atomic E-state index is 0.111. The third-order valence-electron chi connectivity index (χ3n) is 3.54. The van der Waals surface area contributed by atoms with Crippen LogP contribution in [0, 0.1) is 0 Å². The third kappa shape index (κ3) is 2.23. The van der Waals surface area contributed by atoms with E-state index in [4.69, 9.17) is 4.74 Å². The summed E-state index contributed by atoms with van der Waals surface area (Å²) in [5.41, 5.74) is 1.92. The number of halogens is 1. The van der Waals surface area contributed by atoms with Crippen molar-refractivity contribution in [2.75, 3.05) is 0 Å². The van der Waals surface area contributed by atoms with E-state index in [1.54, 1.807) is 0 Å². The third-order valence-corrected chi connectivity index (χ3v) is 4.12. The molecule has 0 bridgehead atoms. The van der Waals surface area contributed by atoms with Gasteiger partial charge in [0.2, 0.25) is 0 Å². The standard InChI is InChI=1S/C14H17BrO2/c1-13(2)8-10-5-9(7-14(16)3-4-14)6-11(15)12(10)17-13/h5-6,16H,3-4,7-8H2,1-2H3. The van der Waals surface area contributed by atoms with Crippen molar-refractivity contribution in [3.05, 3.63) is 27.7 Å². The lowest BCUT2D eigenvalue weighted by molar-refractivity contribution is 0.137. The van der Waals surface area contributed by atoms with E-state index in [9.17, 15) is 5.11 Å². The molecule has 0 atom stereocenters. The average Bonchev–Trinajstić information content (AvgIpc) is 2.79. The van der Waals surface area contributed by atoms with Crippen LogP contribution in [0.25, 0.3) is 0 Å². The SMILES string of the molecule is CC1(C)Cc2cc(CC3(O)CC3)cc(Br)c2O1. The van der Waals surface area contributed by atoms with E-state index in [1.807, 2.05) is 0 Å². The Kier molecular flexibility index (Phi) is 2.37. The van der Waals surface area contributed by atoms with Gasteiger partial charge in [0.1, 0.15) is 11.4 Å². The Morgan fingerprint density at radius 3 is 2.71 bits per heavy atom. The van der Waals surface area contributed by atoms with Gasteiger partial charge in [0, 0.05) is 12.8 Å². The fourth-order valence-electron chi connectivity index (χ4n) is 2.53. The Morgan fingerprint density at radius 2 is 2.06 bits per heavy atom. The molecule has 17 heavy (non-hydrogen) atoms. The highest BCUT2D eigenvalue weighted by atomic mass is 79.9. The van der Waals surface area contributed by atoms with Crippen LogP contribution in [0.2, 0.25) is 0 Å². The molecule has 2 aliphatic rings. The van der Waals surface area contributed by atoms with Gasteiger partial charge in [0.05, 0.1) is 10.1 Å². The predicted molar refractivity (Wildman–Crippen MR) is 70.4 cm³/mol. The molecule has 1 aromatic rings. The number of fused-ring (bicyclic) bond motifs is 1. The zero-order valence-corrected chi connectivity index (χ0v) is 11.8. The summed E-state index contributed by atoms with van der Waals surface area (Å²) < 4.78 is 6.93. The molecule has 1 heterocycles. The molecule has 0 amide bonds. The lowest BCUT2D eigenvalue weighted by atomic mass is 9.98. The molecule has 1 aliphatic carbocycles. The van der Waals surface area contributed by atoms with Crippen LogP contribution in [0.1, 0.15) is 37.8 Å². The summed E-state index contributed by atoms with van der Waals surface area (Å²) in [7, 11) is 0. The quantitative estimate of drug-likeness (QED) is 0.908. The van der Waals surface area contributed by atoms with Crippen LogP contribution >= 0.6 is 15.9 Å². The van der Waals surface area contributed by atoms with Crippen molar-refractivity contribution in [3.8, 4) is 5.75 Å². The second kappa shape index (κ2) is 3.48. The first-order chi connectivity index (χ1) is 7.87. The van der Waals surface area contributed by atoms with E-state index in [-0.39, 0.29) is 5.60 Å². The van der Waals surface area contributed by atoms with Gasteiger partial charge >= 0.3 is 0 Å². The number of aliphatic hydroxyl groups is 1. The van der Waals surface area contributed by atoms with Crippen molar-refractivity contribution >= 4 is 15.9 Å². The zero-order chi connectivity index (χ0) is 12.3. The lowest BCUT2D eigenvalue weighted by Crippen LogP contribution is -2.24. The second-order valence-corrected chi connectivity index (χ2v) is 6.86. The van der Waals surface area contributed by atoms with E-state index in [1.165, 1.54) is 11.1 Å². The van der Waals surface area contributed by atoms with Crippen LogP contribution in [0.5, 0.6) is 5.75 Å². The average molecular weight is 297 g/mol. The van der Waals surface area contributed by atoms with E-state index in [0.717, 1.165) is 35.9 Å². The van der Waals surface area contributed by atoms with E-state index >= 15 is 0 Å². The van der Waals surface area contributed by atoms with Crippen LogP contribution in [0.4, 0.5) is 0 Å². The van der Waals surface area contributed by atoms with Gasteiger partial charge < -0.3 is 9.84 Å². The minimum atomic E-state index is -0.428. The molecule has 0 unspecified atom stereocenters. The molecule has 3 rings (SSSR count). The predicted octanol–water partition coefficient (Wildman–Crippen LogP) is 3.23. The molecule has 1 N–H and O–H groups in total. The van der Waals surface area contributed by atoms with Crippen molar-refractivity contribution in [2.24, 2.45) is 0 Å². The molecule has 0 spiro atoms. The number of hydrogen-bond acceptors (Lipinski definition) is 2. The molecular weight excluding hydrogens is 280 g/mol. The van der Waals surface area contributed by atoms with Crippen molar-refractivity contribution in [1.82, 2.24) is 0 Å². The molecule has 1 fully saturated rings. The highest BCUT2D eigenvalue weighted by Crippen LogP contribution is 2.44.